The van der Waals surface area contributed by atoms with Crippen LogP contribution >= 0.6 is 0 Å². The molecule has 3 heterocycles. The fourth-order valence-corrected chi connectivity index (χ4v) is 2.78. The number of nitrogens with zero attached hydrogens (tertiary/aromatic N) is 3. The Bertz CT molecular complexity index is 666. The van der Waals surface area contributed by atoms with Gasteiger partial charge in [0, 0.05) is 13.7 Å². The predicted molar refractivity (Wildman–Crippen MR) is 77.1 cm³/mol. The largest absolute Gasteiger partial charge is 0.379 e. The lowest BCUT2D eigenvalue weighted by Gasteiger charge is -2.18. The van der Waals surface area contributed by atoms with Crippen LogP contribution in [0.2, 0.25) is 0 Å². The molecular formula is C14H20N4O3. The van der Waals surface area contributed by atoms with Crippen molar-refractivity contribution in [2.75, 3.05) is 7.11 Å². The highest BCUT2D eigenvalue weighted by Crippen LogP contribution is 2.25. The lowest BCUT2D eigenvalue weighted by atomic mass is 10.1. The second-order valence-electron chi connectivity index (χ2n) is 5.45. The van der Waals surface area contributed by atoms with E-state index in [0.29, 0.717) is 11.2 Å². The van der Waals surface area contributed by atoms with Gasteiger partial charge in [-0.1, -0.05) is 0 Å². The fraction of sp³-hybridized carbons (Fsp3) is 0.643. The summed E-state index contributed by atoms with van der Waals surface area (Å²) in [6.45, 7) is 2.78. The van der Waals surface area contributed by atoms with E-state index < -0.39 is 0 Å². The van der Waals surface area contributed by atoms with Crippen molar-refractivity contribution >= 4 is 11.2 Å². The van der Waals surface area contributed by atoms with E-state index in [1.54, 1.807) is 13.4 Å². The molecule has 7 heteroatoms. The quantitative estimate of drug-likeness (QED) is 0.892. The Morgan fingerprint density at radius 1 is 1.52 bits per heavy atom. The number of aryl methyl sites for hydroxylation is 1. The summed E-state index contributed by atoms with van der Waals surface area (Å²) < 4.78 is 13.2. The molecule has 0 aromatic carbocycles. The topological polar surface area (TPSA) is 82.0 Å². The molecule has 1 aliphatic rings. The van der Waals surface area contributed by atoms with Crippen LogP contribution in [0.4, 0.5) is 0 Å². The molecule has 3 unspecified atom stereocenters. The Morgan fingerprint density at radius 2 is 2.38 bits per heavy atom. The van der Waals surface area contributed by atoms with Crippen LogP contribution in [0.25, 0.3) is 11.2 Å². The molecule has 0 aliphatic carbocycles. The second-order valence-corrected chi connectivity index (χ2v) is 5.45. The summed E-state index contributed by atoms with van der Waals surface area (Å²) >= 11 is 0. The molecule has 3 rings (SSSR count). The van der Waals surface area contributed by atoms with Gasteiger partial charge in [0.2, 0.25) is 0 Å². The third-order valence-corrected chi connectivity index (χ3v) is 4.14. The summed E-state index contributed by atoms with van der Waals surface area (Å²) in [5, 5.41) is 0. The highest BCUT2D eigenvalue weighted by Gasteiger charge is 2.29. The number of hydrogen-bond donors (Lipinski definition) is 1. The van der Waals surface area contributed by atoms with Gasteiger partial charge in [0.1, 0.15) is 0 Å². The first kappa shape index (κ1) is 14.2. The van der Waals surface area contributed by atoms with Crippen molar-refractivity contribution < 1.29 is 9.47 Å². The number of hydrogen-bond acceptors (Lipinski definition) is 5. The SMILES string of the molecule is COC(C)C1CCC(CCn2cnc3c(=O)[nH]cnc32)O1. The third-order valence-electron chi connectivity index (χ3n) is 4.14. The zero-order chi connectivity index (χ0) is 14.8. The smallest absolute Gasteiger partial charge is 0.278 e. The summed E-state index contributed by atoms with van der Waals surface area (Å²) in [5.41, 5.74) is 0.805. The number of aromatic nitrogens is 4. The summed E-state index contributed by atoms with van der Waals surface area (Å²) in [6.07, 6.45) is 6.56. The normalized spacial score (nSPS) is 23.7. The van der Waals surface area contributed by atoms with Crippen molar-refractivity contribution in [3.63, 3.8) is 0 Å². The molecule has 1 N–H and O–H groups in total. The Kier molecular flexibility index (Phi) is 4.03. The number of fused-ring (bicyclic) bond motifs is 1. The minimum absolute atomic E-state index is 0.129. The van der Waals surface area contributed by atoms with Crippen LogP contribution in [-0.4, -0.2) is 44.9 Å². The van der Waals surface area contributed by atoms with Crippen LogP contribution in [-0.2, 0) is 16.0 Å². The minimum Gasteiger partial charge on any atom is -0.379 e. The molecule has 1 aliphatic heterocycles. The van der Waals surface area contributed by atoms with E-state index in [1.807, 2.05) is 11.5 Å². The van der Waals surface area contributed by atoms with Crippen molar-refractivity contribution in [1.82, 2.24) is 19.5 Å². The molecule has 1 saturated heterocycles. The number of nitrogens with one attached hydrogen (secondary N) is 1. The average Bonchev–Trinajstić information content (AvgIpc) is 3.12. The molecule has 0 radical (unpaired) electrons. The van der Waals surface area contributed by atoms with Gasteiger partial charge in [0.25, 0.3) is 5.56 Å². The first-order chi connectivity index (χ1) is 10.2. The fourth-order valence-electron chi connectivity index (χ4n) is 2.78. The first-order valence-electron chi connectivity index (χ1n) is 7.26. The van der Waals surface area contributed by atoms with E-state index >= 15 is 0 Å². The van der Waals surface area contributed by atoms with Crippen molar-refractivity contribution in [3.05, 3.63) is 23.0 Å². The van der Waals surface area contributed by atoms with Gasteiger partial charge in [-0.05, 0) is 26.2 Å². The molecule has 0 amide bonds. The summed E-state index contributed by atoms with van der Waals surface area (Å²) in [4.78, 5) is 22.4. The monoisotopic (exact) mass is 292 g/mol. The standard InChI is InChI=1S/C14H20N4O3/c1-9(20-2)11-4-3-10(21-11)5-6-18-8-17-12-13(18)15-7-16-14(12)19/h7-11H,3-6H2,1-2H3,(H,15,16,19). The second kappa shape index (κ2) is 5.95. The van der Waals surface area contributed by atoms with Gasteiger partial charge < -0.3 is 19.0 Å². The van der Waals surface area contributed by atoms with Crippen molar-refractivity contribution in [1.29, 1.82) is 0 Å². The van der Waals surface area contributed by atoms with E-state index in [4.69, 9.17) is 9.47 Å². The summed E-state index contributed by atoms with van der Waals surface area (Å²) in [5.74, 6) is 0. The number of aromatic amines is 1. The minimum atomic E-state index is -0.204. The van der Waals surface area contributed by atoms with E-state index in [9.17, 15) is 4.79 Å². The molecule has 0 saturated carbocycles. The molecule has 21 heavy (non-hydrogen) atoms. The molecule has 114 valence electrons. The molecule has 3 atom stereocenters. The molecule has 0 bridgehead atoms. The number of imidazole rings is 1. The molecule has 7 nitrogen and oxygen atoms in total. The number of H-pyrrole nitrogens is 1. The van der Waals surface area contributed by atoms with E-state index in [1.165, 1.54) is 6.33 Å². The van der Waals surface area contributed by atoms with Crippen molar-refractivity contribution in [2.24, 2.45) is 0 Å². The lowest BCUT2D eigenvalue weighted by molar-refractivity contribution is -0.0467. The van der Waals surface area contributed by atoms with Gasteiger partial charge in [0.05, 0.1) is 31.0 Å². The maximum Gasteiger partial charge on any atom is 0.278 e. The van der Waals surface area contributed by atoms with E-state index in [2.05, 4.69) is 15.0 Å². The molecule has 0 spiro atoms. The summed E-state index contributed by atoms with van der Waals surface area (Å²) in [7, 11) is 1.71. The average molecular weight is 292 g/mol. The highest BCUT2D eigenvalue weighted by atomic mass is 16.5. The zero-order valence-corrected chi connectivity index (χ0v) is 12.3. The Hall–Kier alpha value is -1.73. The lowest BCUT2D eigenvalue weighted by Crippen LogP contribution is -2.25. The van der Waals surface area contributed by atoms with Gasteiger partial charge in [0.15, 0.2) is 11.2 Å². The molecular weight excluding hydrogens is 272 g/mol. The third kappa shape index (κ3) is 2.84. The molecule has 1 fully saturated rings. The van der Waals surface area contributed by atoms with E-state index in [-0.39, 0.29) is 23.9 Å². The van der Waals surface area contributed by atoms with E-state index in [0.717, 1.165) is 25.8 Å². The highest BCUT2D eigenvalue weighted by molar-refractivity contribution is 5.68. The van der Waals surface area contributed by atoms with Crippen LogP contribution in [0.1, 0.15) is 26.2 Å². The van der Waals surface area contributed by atoms with Gasteiger partial charge in [-0.25, -0.2) is 9.97 Å². The number of methoxy groups -OCH3 is 1. The summed E-state index contributed by atoms with van der Waals surface area (Å²) in [6, 6.07) is 0. The van der Waals surface area contributed by atoms with Gasteiger partial charge in [-0.15, -0.1) is 0 Å². The maximum atomic E-state index is 11.6. The van der Waals surface area contributed by atoms with Crippen LogP contribution in [0, 0.1) is 0 Å². The molecule has 2 aromatic heterocycles. The Balaban J connectivity index is 1.63. The number of rotatable bonds is 5. The number of ether oxygens (including phenoxy) is 2. The molecule has 2 aromatic rings. The van der Waals surface area contributed by atoms with Crippen molar-refractivity contribution in [3.8, 4) is 0 Å². The van der Waals surface area contributed by atoms with Gasteiger partial charge in [-0.3, -0.25) is 4.79 Å². The van der Waals surface area contributed by atoms with Crippen LogP contribution in [0.3, 0.4) is 0 Å². The Morgan fingerprint density at radius 3 is 3.19 bits per heavy atom. The van der Waals surface area contributed by atoms with Gasteiger partial charge in [-0.2, -0.15) is 0 Å². The maximum absolute atomic E-state index is 11.6. The van der Waals surface area contributed by atoms with Crippen LogP contribution < -0.4 is 5.56 Å². The predicted octanol–water partition coefficient (Wildman–Crippen LogP) is 1.09. The van der Waals surface area contributed by atoms with Gasteiger partial charge >= 0.3 is 0 Å². The first-order valence-corrected chi connectivity index (χ1v) is 7.26. The zero-order valence-electron chi connectivity index (χ0n) is 12.3. The van der Waals surface area contributed by atoms with Crippen molar-refractivity contribution in [2.45, 2.75) is 51.0 Å². The van der Waals surface area contributed by atoms with Crippen LogP contribution in [0.5, 0.6) is 0 Å². The van der Waals surface area contributed by atoms with Crippen LogP contribution in [0.15, 0.2) is 17.4 Å². The Labute approximate surface area is 122 Å².